The Hall–Kier alpha value is -1.59. The fourth-order valence-corrected chi connectivity index (χ4v) is 3.83. The highest BCUT2D eigenvalue weighted by atomic mass is 16.5. The highest BCUT2D eigenvalue weighted by Crippen LogP contribution is 2.16. The van der Waals surface area contributed by atoms with E-state index in [4.69, 9.17) is 4.74 Å². The van der Waals surface area contributed by atoms with Gasteiger partial charge < -0.3 is 20.3 Å². The minimum Gasteiger partial charge on any atom is -0.378 e. The van der Waals surface area contributed by atoms with E-state index >= 15 is 0 Å². The molecule has 0 aliphatic carbocycles. The second-order valence-electron chi connectivity index (χ2n) is 8.10. The summed E-state index contributed by atoms with van der Waals surface area (Å²) in [4.78, 5) is 6.96. The molecule has 5 nitrogen and oxygen atoms in total. The van der Waals surface area contributed by atoms with Crippen LogP contribution < -0.4 is 10.6 Å². The Morgan fingerprint density at radius 1 is 1.25 bits per heavy atom. The number of nitrogens with one attached hydrogen (secondary N) is 2. The molecule has 1 saturated heterocycles. The zero-order valence-electron chi connectivity index (χ0n) is 18.3. The van der Waals surface area contributed by atoms with Crippen LogP contribution in [0.2, 0.25) is 0 Å². The van der Waals surface area contributed by atoms with Crippen LogP contribution in [0.4, 0.5) is 0 Å². The topological polar surface area (TPSA) is 48.9 Å². The van der Waals surface area contributed by atoms with Crippen LogP contribution in [0.25, 0.3) is 0 Å². The molecular formula is C23H40N4O. The number of likely N-dealkylation sites (tertiary alicyclic amines) is 1. The van der Waals surface area contributed by atoms with Crippen molar-refractivity contribution >= 4 is 5.96 Å². The largest absolute Gasteiger partial charge is 0.378 e. The van der Waals surface area contributed by atoms with Gasteiger partial charge in [-0.25, -0.2) is 0 Å². The molecule has 2 atom stereocenters. The number of rotatable bonds is 11. The molecule has 158 valence electrons. The van der Waals surface area contributed by atoms with Crippen LogP contribution in [0, 0.1) is 11.8 Å². The first-order valence-corrected chi connectivity index (χ1v) is 10.9. The van der Waals surface area contributed by atoms with Crippen molar-refractivity contribution in [1.29, 1.82) is 0 Å². The third-order valence-electron chi connectivity index (χ3n) is 5.56. The first kappa shape index (κ1) is 22.7. The molecule has 28 heavy (non-hydrogen) atoms. The molecule has 1 aromatic carbocycles. The number of nitrogens with zero attached hydrogens (tertiary/aromatic N) is 2. The van der Waals surface area contributed by atoms with Crippen LogP contribution in [0.5, 0.6) is 0 Å². The van der Waals surface area contributed by atoms with Crippen molar-refractivity contribution in [2.45, 2.75) is 46.1 Å². The second kappa shape index (κ2) is 12.8. The summed E-state index contributed by atoms with van der Waals surface area (Å²) >= 11 is 0. The van der Waals surface area contributed by atoms with Gasteiger partial charge in [-0.3, -0.25) is 4.99 Å². The Morgan fingerprint density at radius 2 is 2.04 bits per heavy atom. The number of hydrogen-bond acceptors (Lipinski definition) is 3. The van der Waals surface area contributed by atoms with Crippen molar-refractivity contribution in [2.75, 3.05) is 46.4 Å². The fourth-order valence-electron chi connectivity index (χ4n) is 3.83. The number of ether oxygens (including phenoxy) is 1. The summed E-state index contributed by atoms with van der Waals surface area (Å²) in [5.74, 6) is 2.14. The highest BCUT2D eigenvalue weighted by Gasteiger charge is 2.22. The van der Waals surface area contributed by atoms with Gasteiger partial charge in [0.25, 0.3) is 0 Å². The molecule has 1 aromatic rings. The van der Waals surface area contributed by atoms with Gasteiger partial charge in [0.15, 0.2) is 5.96 Å². The summed E-state index contributed by atoms with van der Waals surface area (Å²) in [6.45, 7) is 12.7. The Morgan fingerprint density at radius 3 is 2.71 bits per heavy atom. The van der Waals surface area contributed by atoms with Gasteiger partial charge >= 0.3 is 0 Å². The molecule has 2 N–H and O–H groups in total. The molecule has 2 unspecified atom stereocenters. The van der Waals surface area contributed by atoms with Crippen LogP contribution in [0.1, 0.15) is 39.2 Å². The highest BCUT2D eigenvalue weighted by molar-refractivity contribution is 5.79. The lowest BCUT2D eigenvalue weighted by molar-refractivity contribution is 0.0258. The van der Waals surface area contributed by atoms with Gasteiger partial charge in [0, 0.05) is 39.8 Å². The molecular weight excluding hydrogens is 348 g/mol. The van der Waals surface area contributed by atoms with Crippen molar-refractivity contribution < 1.29 is 4.74 Å². The predicted octanol–water partition coefficient (Wildman–Crippen LogP) is 3.17. The monoisotopic (exact) mass is 388 g/mol. The zero-order chi connectivity index (χ0) is 20.2. The smallest absolute Gasteiger partial charge is 0.190 e. The Kier molecular flexibility index (Phi) is 10.4. The van der Waals surface area contributed by atoms with E-state index in [0.717, 1.165) is 45.0 Å². The van der Waals surface area contributed by atoms with E-state index in [1.165, 1.54) is 25.1 Å². The lowest BCUT2D eigenvalue weighted by atomic mass is 10.0. The normalized spacial score (nSPS) is 19.2. The molecule has 2 rings (SSSR count). The van der Waals surface area contributed by atoms with E-state index < -0.39 is 0 Å². The molecule has 0 saturated carbocycles. The molecule has 0 amide bonds. The van der Waals surface area contributed by atoms with Gasteiger partial charge in [-0.05, 0) is 50.1 Å². The van der Waals surface area contributed by atoms with Crippen LogP contribution >= 0.6 is 0 Å². The second-order valence-corrected chi connectivity index (χ2v) is 8.10. The van der Waals surface area contributed by atoms with Crippen molar-refractivity contribution in [3.63, 3.8) is 0 Å². The zero-order valence-corrected chi connectivity index (χ0v) is 18.3. The maximum Gasteiger partial charge on any atom is 0.190 e. The van der Waals surface area contributed by atoms with Gasteiger partial charge in [0.05, 0.1) is 6.10 Å². The standard InChI is InChI=1S/C23H40N4O/c1-5-28-22(19(2)3)11-14-25-23(24-4)26-17-21-13-16-27(18-21)15-12-20-9-7-6-8-10-20/h6-10,19,21-22H,5,11-18H2,1-4H3,(H2,24,25,26). The molecule has 1 fully saturated rings. The Labute approximate surface area is 171 Å². The van der Waals surface area contributed by atoms with E-state index in [-0.39, 0.29) is 0 Å². The summed E-state index contributed by atoms with van der Waals surface area (Å²) in [5.41, 5.74) is 1.43. The Bertz CT molecular complexity index is 561. The lowest BCUT2D eigenvalue weighted by Gasteiger charge is -2.22. The summed E-state index contributed by atoms with van der Waals surface area (Å²) in [7, 11) is 1.85. The van der Waals surface area contributed by atoms with E-state index in [9.17, 15) is 0 Å². The first-order chi connectivity index (χ1) is 13.6. The predicted molar refractivity (Wildman–Crippen MR) is 119 cm³/mol. The van der Waals surface area contributed by atoms with E-state index in [1.54, 1.807) is 0 Å². The minimum absolute atomic E-state index is 0.309. The van der Waals surface area contributed by atoms with Crippen LogP contribution in [-0.4, -0.2) is 63.3 Å². The molecule has 0 aromatic heterocycles. The summed E-state index contributed by atoms with van der Waals surface area (Å²) < 4.78 is 5.82. The van der Waals surface area contributed by atoms with Gasteiger partial charge in [-0.15, -0.1) is 0 Å². The van der Waals surface area contributed by atoms with Gasteiger partial charge in [0.1, 0.15) is 0 Å². The number of aliphatic imine (C=N–C) groups is 1. The molecule has 1 aliphatic heterocycles. The van der Waals surface area contributed by atoms with Crippen LogP contribution in [0.3, 0.4) is 0 Å². The molecule has 0 radical (unpaired) electrons. The number of guanidine groups is 1. The van der Waals surface area contributed by atoms with Gasteiger partial charge in [0.2, 0.25) is 0 Å². The maximum absolute atomic E-state index is 5.82. The summed E-state index contributed by atoms with van der Waals surface area (Å²) in [5, 5.41) is 6.95. The number of hydrogen-bond donors (Lipinski definition) is 2. The van der Waals surface area contributed by atoms with E-state index in [0.29, 0.717) is 17.9 Å². The van der Waals surface area contributed by atoms with Crippen molar-refractivity contribution in [3.05, 3.63) is 35.9 Å². The van der Waals surface area contributed by atoms with Gasteiger partial charge in [-0.2, -0.15) is 0 Å². The lowest BCUT2D eigenvalue weighted by Crippen LogP contribution is -2.41. The van der Waals surface area contributed by atoms with Gasteiger partial charge in [-0.1, -0.05) is 44.2 Å². The average Bonchev–Trinajstić information content (AvgIpc) is 3.16. The van der Waals surface area contributed by atoms with Crippen molar-refractivity contribution in [1.82, 2.24) is 15.5 Å². The maximum atomic E-state index is 5.82. The average molecular weight is 389 g/mol. The van der Waals surface area contributed by atoms with Crippen LogP contribution in [0.15, 0.2) is 35.3 Å². The summed E-state index contributed by atoms with van der Waals surface area (Å²) in [6.07, 6.45) is 3.71. The molecule has 5 heteroatoms. The Balaban J connectivity index is 1.62. The quantitative estimate of drug-likeness (QED) is 0.452. The first-order valence-electron chi connectivity index (χ1n) is 10.9. The third kappa shape index (κ3) is 8.19. The summed E-state index contributed by atoms with van der Waals surface area (Å²) in [6, 6.07) is 10.8. The minimum atomic E-state index is 0.309. The number of benzene rings is 1. The van der Waals surface area contributed by atoms with Crippen molar-refractivity contribution in [3.8, 4) is 0 Å². The molecule has 1 heterocycles. The SMILES string of the molecule is CCOC(CCNC(=NC)NCC1CCN(CCc2ccccc2)C1)C(C)C. The third-order valence-corrected chi connectivity index (χ3v) is 5.56. The fraction of sp³-hybridized carbons (Fsp3) is 0.696. The van der Waals surface area contributed by atoms with Crippen LogP contribution in [-0.2, 0) is 11.2 Å². The van der Waals surface area contributed by atoms with Crippen molar-refractivity contribution in [2.24, 2.45) is 16.8 Å². The van der Waals surface area contributed by atoms with E-state index in [1.807, 2.05) is 7.05 Å². The molecule has 1 aliphatic rings. The van der Waals surface area contributed by atoms with E-state index in [2.05, 4.69) is 71.6 Å². The molecule has 0 spiro atoms. The molecule has 0 bridgehead atoms.